The van der Waals surface area contributed by atoms with E-state index >= 15 is 0 Å². The van der Waals surface area contributed by atoms with Gasteiger partial charge in [-0.05, 0) is 57.7 Å². The second-order valence-electron chi connectivity index (χ2n) is 7.55. The van der Waals surface area contributed by atoms with E-state index in [0.717, 1.165) is 24.8 Å². The number of amides is 2. The van der Waals surface area contributed by atoms with E-state index in [9.17, 15) is 9.59 Å². The van der Waals surface area contributed by atoms with Gasteiger partial charge in [0.2, 0.25) is 5.91 Å². The number of ether oxygens (including phenoxy) is 1. The van der Waals surface area contributed by atoms with Crippen LogP contribution in [0.15, 0.2) is 24.3 Å². The van der Waals surface area contributed by atoms with E-state index < -0.39 is 11.7 Å². The normalized spacial score (nSPS) is 20.6. The number of carbonyl (C=O) groups is 2. The van der Waals surface area contributed by atoms with Gasteiger partial charge in [0.15, 0.2) is 0 Å². The fraction of sp³-hybridized carbons (Fsp3) is 0.579. The summed E-state index contributed by atoms with van der Waals surface area (Å²) in [6, 6.07) is 7.42. The maximum atomic E-state index is 12.4. The molecule has 2 rings (SSSR count). The Morgan fingerprint density at radius 3 is 2.72 bits per heavy atom. The molecule has 0 unspecified atom stereocenters. The van der Waals surface area contributed by atoms with Crippen LogP contribution in [-0.2, 0) is 16.1 Å². The third-order valence-corrected chi connectivity index (χ3v) is 4.36. The second-order valence-corrected chi connectivity index (χ2v) is 7.99. The van der Waals surface area contributed by atoms with Crippen LogP contribution in [0.2, 0.25) is 5.02 Å². The quantitative estimate of drug-likeness (QED) is 0.845. The predicted molar refractivity (Wildman–Crippen MR) is 98.4 cm³/mol. The summed E-state index contributed by atoms with van der Waals surface area (Å²) in [5.74, 6) is -0.0662. The van der Waals surface area contributed by atoms with Gasteiger partial charge in [-0.15, -0.1) is 0 Å². The Balaban J connectivity index is 1.81. The van der Waals surface area contributed by atoms with Gasteiger partial charge in [-0.25, -0.2) is 4.79 Å². The molecular weight excluding hydrogens is 340 g/mol. The van der Waals surface area contributed by atoms with E-state index in [-0.39, 0.29) is 17.9 Å². The smallest absolute Gasteiger partial charge is 0.407 e. The number of carbonyl (C=O) groups excluding carboxylic acids is 2. The van der Waals surface area contributed by atoms with Gasteiger partial charge in [0.1, 0.15) is 5.60 Å². The maximum absolute atomic E-state index is 12.4. The van der Waals surface area contributed by atoms with E-state index in [2.05, 4.69) is 10.6 Å². The van der Waals surface area contributed by atoms with Gasteiger partial charge in [0, 0.05) is 23.5 Å². The second kappa shape index (κ2) is 8.56. The molecule has 25 heavy (non-hydrogen) atoms. The molecular formula is C19H27ClN2O3. The third kappa shape index (κ3) is 6.94. The van der Waals surface area contributed by atoms with E-state index in [1.54, 1.807) is 6.07 Å². The van der Waals surface area contributed by atoms with E-state index in [1.807, 2.05) is 39.0 Å². The van der Waals surface area contributed by atoms with E-state index in [4.69, 9.17) is 16.3 Å². The molecule has 2 atom stereocenters. The number of hydrogen-bond acceptors (Lipinski definition) is 3. The van der Waals surface area contributed by atoms with Gasteiger partial charge >= 0.3 is 6.09 Å². The molecule has 0 saturated heterocycles. The molecule has 1 aliphatic carbocycles. The molecule has 0 heterocycles. The van der Waals surface area contributed by atoms with Gasteiger partial charge in [-0.2, -0.15) is 0 Å². The molecule has 6 heteroatoms. The van der Waals surface area contributed by atoms with Crippen molar-refractivity contribution in [3.63, 3.8) is 0 Å². The first kappa shape index (κ1) is 19.6. The Hall–Kier alpha value is -1.75. The number of hydrogen-bond donors (Lipinski definition) is 2. The molecule has 2 amide bonds. The monoisotopic (exact) mass is 366 g/mol. The summed E-state index contributed by atoms with van der Waals surface area (Å²) in [4.78, 5) is 24.3. The molecule has 1 fully saturated rings. The number of halogens is 1. The SMILES string of the molecule is CC(C)(C)OC(=O)N[C@H]1CCC[C@H](C(=O)NCc2cccc(Cl)c2)C1. The predicted octanol–water partition coefficient (Wildman–Crippen LogP) is 4.04. The highest BCUT2D eigenvalue weighted by Gasteiger charge is 2.29. The molecule has 138 valence electrons. The van der Waals surface area contributed by atoms with Crippen LogP contribution in [-0.4, -0.2) is 23.6 Å². The number of alkyl carbamates (subject to hydrolysis) is 1. The minimum atomic E-state index is -0.521. The van der Waals surface area contributed by atoms with Gasteiger partial charge < -0.3 is 15.4 Å². The van der Waals surface area contributed by atoms with Crippen molar-refractivity contribution in [3.05, 3.63) is 34.9 Å². The molecule has 1 aromatic rings. The fourth-order valence-electron chi connectivity index (χ4n) is 3.01. The van der Waals surface area contributed by atoms with Crippen LogP contribution in [0.4, 0.5) is 4.79 Å². The average Bonchev–Trinajstić information content (AvgIpc) is 2.51. The summed E-state index contributed by atoms with van der Waals surface area (Å²) in [6.45, 7) is 5.96. The van der Waals surface area contributed by atoms with Crippen molar-refractivity contribution in [2.75, 3.05) is 0 Å². The molecule has 5 nitrogen and oxygen atoms in total. The maximum Gasteiger partial charge on any atom is 0.407 e. The molecule has 0 spiro atoms. The summed E-state index contributed by atoms with van der Waals surface area (Å²) in [6.07, 6.45) is 2.85. The lowest BCUT2D eigenvalue weighted by Gasteiger charge is -2.30. The van der Waals surface area contributed by atoms with E-state index in [0.29, 0.717) is 18.0 Å². The highest BCUT2D eigenvalue weighted by Crippen LogP contribution is 2.25. The Kier molecular flexibility index (Phi) is 6.71. The lowest BCUT2D eigenvalue weighted by Crippen LogP contribution is -2.44. The van der Waals surface area contributed by atoms with Crippen LogP contribution < -0.4 is 10.6 Å². The minimum absolute atomic E-state index is 0.0227. The van der Waals surface area contributed by atoms with Crippen molar-refractivity contribution >= 4 is 23.6 Å². The van der Waals surface area contributed by atoms with Crippen LogP contribution in [0.3, 0.4) is 0 Å². The summed E-state index contributed by atoms with van der Waals surface area (Å²) in [7, 11) is 0. The Morgan fingerprint density at radius 1 is 1.28 bits per heavy atom. The zero-order valence-corrected chi connectivity index (χ0v) is 15.9. The van der Waals surface area contributed by atoms with Gasteiger partial charge in [-0.1, -0.05) is 30.2 Å². The van der Waals surface area contributed by atoms with Crippen molar-refractivity contribution in [2.24, 2.45) is 5.92 Å². The van der Waals surface area contributed by atoms with Gasteiger partial charge in [-0.3, -0.25) is 4.79 Å². The lowest BCUT2D eigenvalue weighted by molar-refractivity contribution is -0.126. The van der Waals surface area contributed by atoms with Crippen LogP contribution in [0, 0.1) is 5.92 Å². The van der Waals surface area contributed by atoms with Crippen molar-refractivity contribution in [1.29, 1.82) is 0 Å². The number of benzene rings is 1. The third-order valence-electron chi connectivity index (χ3n) is 4.12. The lowest BCUT2D eigenvalue weighted by atomic mass is 9.85. The summed E-state index contributed by atoms with van der Waals surface area (Å²) < 4.78 is 5.29. The van der Waals surface area contributed by atoms with Crippen LogP contribution in [0.5, 0.6) is 0 Å². The van der Waals surface area contributed by atoms with E-state index in [1.165, 1.54) is 0 Å². The van der Waals surface area contributed by atoms with Crippen LogP contribution in [0.1, 0.15) is 52.0 Å². The Bertz CT molecular complexity index is 613. The van der Waals surface area contributed by atoms with Gasteiger partial charge in [0.05, 0.1) is 0 Å². The minimum Gasteiger partial charge on any atom is -0.444 e. The Labute approximate surface area is 154 Å². The van der Waals surface area contributed by atoms with Crippen LogP contribution in [0.25, 0.3) is 0 Å². The molecule has 0 aromatic heterocycles. The highest BCUT2D eigenvalue weighted by molar-refractivity contribution is 6.30. The van der Waals surface area contributed by atoms with Crippen molar-refractivity contribution < 1.29 is 14.3 Å². The molecule has 0 radical (unpaired) electrons. The molecule has 2 N–H and O–H groups in total. The topological polar surface area (TPSA) is 67.4 Å². The van der Waals surface area contributed by atoms with Crippen molar-refractivity contribution in [3.8, 4) is 0 Å². The average molecular weight is 367 g/mol. The zero-order valence-electron chi connectivity index (χ0n) is 15.1. The summed E-state index contributed by atoms with van der Waals surface area (Å²) in [5, 5.41) is 6.51. The van der Waals surface area contributed by atoms with Gasteiger partial charge in [0.25, 0.3) is 0 Å². The standard InChI is InChI=1S/C19H27ClN2O3/c1-19(2,3)25-18(24)22-16-9-5-7-14(11-16)17(23)21-12-13-6-4-8-15(20)10-13/h4,6,8,10,14,16H,5,7,9,11-12H2,1-3H3,(H,21,23)(H,22,24)/t14-,16-/m0/s1. The first-order valence-corrected chi connectivity index (χ1v) is 9.12. The number of rotatable bonds is 4. The van der Waals surface area contributed by atoms with Crippen molar-refractivity contribution in [2.45, 2.75) is 64.6 Å². The molecule has 0 aliphatic heterocycles. The first-order chi connectivity index (χ1) is 11.7. The zero-order chi connectivity index (χ0) is 18.4. The number of nitrogens with one attached hydrogen (secondary N) is 2. The fourth-order valence-corrected chi connectivity index (χ4v) is 3.23. The first-order valence-electron chi connectivity index (χ1n) is 8.74. The summed E-state index contributed by atoms with van der Waals surface area (Å²) in [5.41, 5.74) is 0.451. The van der Waals surface area contributed by atoms with Crippen molar-refractivity contribution in [1.82, 2.24) is 10.6 Å². The highest BCUT2D eigenvalue weighted by atomic mass is 35.5. The van der Waals surface area contributed by atoms with Crippen LogP contribution >= 0.6 is 11.6 Å². The molecule has 1 saturated carbocycles. The largest absolute Gasteiger partial charge is 0.444 e. The molecule has 0 bridgehead atoms. The summed E-state index contributed by atoms with van der Waals surface area (Å²) >= 11 is 5.96. The Morgan fingerprint density at radius 2 is 2.04 bits per heavy atom. The molecule has 1 aromatic carbocycles. The molecule has 1 aliphatic rings.